The highest BCUT2D eigenvalue weighted by molar-refractivity contribution is 5.89. The van der Waals surface area contributed by atoms with Crippen molar-refractivity contribution in [3.63, 3.8) is 0 Å². The van der Waals surface area contributed by atoms with Gasteiger partial charge in [0, 0.05) is 22.9 Å². The minimum atomic E-state index is -0.167. The molecule has 27 heavy (non-hydrogen) atoms. The van der Waals surface area contributed by atoms with Crippen molar-refractivity contribution in [3.05, 3.63) is 12.2 Å². The molecule has 0 aromatic carbocycles. The molecule has 0 radical (unpaired) electrons. The summed E-state index contributed by atoms with van der Waals surface area (Å²) < 4.78 is 0. The summed E-state index contributed by atoms with van der Waals surface area (Å²) in [6.07, 6.45) is 10.7. The van der Waals surface area contributed by atoms with Crippen molar-refractivity contribution in [3.8, 4) is 0 Å². The zero-order chi connectivity index (χ0) is 19.6. The van der Waals surface area contributed by atoms with E-state index in [-0.39, 0.29) is 40.1 Å². The average Bonchev–Trinajstić information content (AvgIpc) is 2.91. The molecule has 1 heterocycles. The van der Waals surface area contributed by atoms with Crippen molar-refractivity contribution in [2.45, 2.75) is 84.7 Å². The van der Waals surface area contributed by atoms with Crippen LogP contribution in [0, 0.1) is 34.5 Å². The zero-order valence-corrected chi connectivity index (χ0v) is 17.6. The Morgan fingerprint density at radius 1 is 1.11 bits per heavy atom. The van der Waals surface area contributed by atoms with Gasteiger partial charge in [0.1, 0.15) is 0 Å². The molecule has 0 aromatic heterocycles. The SMILES string of the molecule is CC(C)(C)NC(=O)[C@H]1CC[C@@H]2[C@@H]3CC[C@H]4NC(=O)C=C[C@]4(C)[C@H]3CC[C@]12C. The molecule has 0 aromatic rings. The summed E-state index contributed by atoms with van der Waals surface area (Å²) in [5, 5.41) is 6.48. The van der Waals surface area contributed by atoms with Crippen LogP contribution in [0.5, 0.6) is 0 Å². The van der Waals surface area contributed by atoms with Gasteiger partial charge in [-0.25, -0.2) is 0 Å². The van der Waals surface area contributed by atoms with Gasteiger partial charge in [-0.05, 0) is 88.5 Å². The van der Waals surface area contributed by atoms with E-state index in [1.165, 1.54) is 19.3 Å². The summed E-state index contributed by atoms with van der Waals surface area (Å²) in [7, 11) is 0. The van der Waals surface area contributed by atoms with Gasteiger partial charge in [0.15, 0.2) is 0 Å². The van der Waals surface area contributed by atoms with Crippen molar-refractivity contribution in [2.75, 3.05) is 0 Å². The molecule has 0 spiro atoms. The monoisotopic (exact) mass is 372 g/mol. The number of hydrogen-bond donors (Lipinski definition) is 2. The molecule has 4 aliphatic rings. The number of hydrogen-bond acceptors (Lipinski definition) is 2. The summed E-state index contributed by atoms with van der Waals surface area (Å²) in [4.78, 5) is 24.9. The highest BCUT2D eigenvalue weighted by Gasteiger charge is 2.60. The smallest absolute Gasteiger partial charge is 0.243 e. The normalized spacial score (nSPS) is 46.1. The third kappa shape index (κ3) is 2.94. The van der Waals surface area contributed by atoms with Crippen LogP contribution in [-0.4, -0.2) is 23.4 Å². The lowest BCUT2D eigenvalue weighted by Crippen LogP contribution is -2.59. The Bertz CT molecular complexity index is 678. The zero-order valence-electron chi connectivity index (χ0n) is 17.6. The third-order valence-corrected chi connectivity index (χ3v) is 8.50. The lowest BCUT2D eigenvalue weighted by atomic mass is 9.48. The molecule has 4 rings (SSSR count). The highest BCUT2D eigenvalue weighted by Crippen LogP contribution is 2.65. The van der Waals surface area contributed by atoms with Gasteiger partial charge >= 0.3 is 0 Å². The number of rotatable bonds is 1. The maximum atomic E-state index is 13.0. The van der Waals surface area contributed by atoms with Crippen LogP contribution >= 0.6 is 0 Å². The second-order valence-corrected chi connectivity index (χ2v) is 11.1. The minimum Gasteiger partial charge on any atom is -0.351 e. The Morgan fingerprint density at radius 3 is 2.56 bits per heavy atom. The van der Waals surface area contributed by atoms with Gasteiger partial charge in [0.25, 0.3) is 0 Å². The molecule has 2 N–H and O–H groups in total. The number of nitrogens with one attached hydrogen (secondary N) is 2. The fourth-order valence-corrected chi connectivity index (χ4v) is 7.22. The number of carbonyl (C=O) groups excluding carboxylic acids is 2. The standard InChI is InChI=1S/C23H36N2O2/c1-21(2,3)25-20(27)17-8-7-15-14-6-9-18-23(5,13-11-19(26)24-18)16(14)10-12-22(15,17)4/h11,13-18H,6-10,12H2,1-5H3,(H,24,26)(H,25,27)/t14-,15+,16-,17+,18+,22-,23+/m0/s1. The van der Waals surface area contributed by atoms with Gasteiger partial charge in [-0.15, -0.1) is 0 Å². The van der Waals surface area contributed by atoms with Crippen LogP contribution in [0.15, 0.2) is 12.2 Å². The predicted molar refractivity (Wildman–Crippen MR) is 107 cm³/mol. The predicted octanol–water partition coefficient (Wildman–Crippen LogP) is 3.81. The van der Waals surface area contributed by atoms with Crippen LogP contribution < -0.4 is 10.6 Å². The van der Waals surface area contributed by atoms with E-state index in [1.807, 2.05) is 0 Å². The first kappa shape index (κ1) is 19.0. The first-order valence-corrected chi connectivity index (χ1v) is 10.9. The van der Waals surface area contributed by atoms with Gasteiger partial charge in [-0.1, -0.05) is 19.9 Å². The largest absolute Gasteiger partial charge is 0.351 e. The van der Waals surface area contributed by atoms with Crippen molar-refractivity contribution < 1.29 is 9.59 Å². The molecular weight excluding hydrogens is 336 g/mol. The lowest BCUT2D eigenvalue weighted by Gasteiger charge is -2.58. The summed E-state index contributed by atoms with van der Waals surface area (Å²) in [5.41, 5.74) is 0.0323. The van der Waals surface area contributed by atoms with Crippen molar-refractivity contribution in [1.82, 2.24) is 10.6 Å². The molecule has 150 valence electrons. The van der Waals surface area contributed by atoms with E-state index >= 15 is 0 Å². The first-order valence-electron chi connectivity index (χ1n) is 10.9. The fourth-order valence-electron chi connectivity index (χ4n) is 7.22. The van der Waals surface area contributed by atoms with Gasteiger partial charge in [-0.3, -0.25) is 9.59 Å². The third-order valence-electron chi connectivity index (χ3n) is 8.50. The molecule has 0 bridgehead atoms. The lowest BCUT2D eigenvalue weighted by molar-refractivity contribution is -0.135. The Kier molecular flexibility index (Phi) is 4.29. The van der Waals surface area contributed by atoms with E-state index in [1.54, 1.807) is 6.08 Å². The second-order valence-electron chi connectivity index (χ2n) is 11.1. The van der Waals surface area contributed by atoms with Crippen LogP contribution in [0.25, 0.3) is 0 Å². The summed E-state index contributed by atoms with van der Waals surface area (Å²) in [5.74, 6) is 2.41. The molecule has 0 unspecified atom stereocenters. The molecule has 1 aliphatic heterocycles. The fraction of sp³-hybridized carbons (Fsp3) is 0.826. The van der Waals surface area contributed by atoms with Gasteiger partial charge in [0.2, 0.25) is 11.8 Å². The number of fused-ring (bicyclic) bond motifs is 5. The van der Waals surface area contributed by atoms with Gasteiger partial charge < -0.3 is 10.6 Å². The van der Waals surface area contributed by atoms with Crippen molar-refractivity contribution in [1.29, 1.82) is 0 Å². The first-order chi connectivity index (χ1) is 12.5. The summed E-state index contributed by atoms with van der Waals surface area (Å²) in [6, 6.07) is 0.280. The van der Waals surface area contributed by atoms with Crippen LogP contribution in [0.3, 0.4) is 0 Å². The van der Waals surface area contributed by atoms with E-state index < -0.39 is 0 Å². The van der Waals surface area contributed by atoms with Gasteiger partial charge in [-0.2, -0.15) is 0 Å². The van der Waals surface area contributed by atoms with Gasteiger partial charge in [0.05, 0.1) is 0 Å². The van der Waals surface area contributed by atoms with E-state index in [0.717, 1.165) is 19.3 Å². The Hall–Kier alpha value is -1.32. The van der Waals surface area contributed by atoms with Crippen molar-refractivity contribution in [2.24, 2.45) is 34.5 Å². The van der Waals surface area contributed by atoms with E-state index in [9.17, 15) is 9.59 Å². The molecule has 7 atom stereocenters. The van der Waals surface area contributed by atoms with Crippen LogP contribution in [0.2, 0.25) is 0 Å². The Labute approximate surface area is 163 Å². The maximum Gasteiger partial charge on any atom is 0.243 e. The quantitative estimate of drug-likeness (QED) is 0.735. The van der Waals surface area contributed by atoms with Crippen LogP contribution in [0.4, 0.5) is 0 Å². The number of amides is 2. The second kappa shape index (κ2) is 6.09. The Balaban J connectivity index is 1.58. The molecule has 3 fully saturated rings. The van der Waals surface area contributed by atoms with E-state index in [0.29, 0.717) is 17.8 Å². The summed E-state index contributed by atoms with van der Waals surface area (Å²) >= 11 is 0. The van der Waals surface area contributed by atoms with E-state index in [4.69, 9.17) is 0 Å². The highest BCUT2D eigenvalue weighted by atomic mass is 16.2. The van der Waals surface area contributed by atoms with Crippen LogP contribution in [0.1, 0.15) is 73.1 Å². The molecule has 4 heteroatoms. The number of carbonyl (C=O) groups is 2. The summed E-state index contributed by atoms with van der Waals surface area (Å²) in [6.45, 7) is 11.0. The van der Waals surface area contributed by atoms with Crippen LogP contribution in [-0.2, 0) is 9.59 Å². The molecule has 4 nitrogen and oxygen atoms in total. The molecule has 3 aliphatic carbocycles. The van der Waals surface area contributed by atoms with Crippen molar-refractivity contribution >= 4 is 11.8 Å². The molecule has 3 saturated carbocycles. The minimum absolute atomic E-state index is 0.0661. The molecule has 0 saturated heterocycles. The average molecular weight is 373 g/mol. The maximum absolute atomic E-state index is 13.0. The topological polar surface area (TPSA) is 58.2 Å². The Morgan fingerprint density at radius 2 is 1.85 bits per heavy atom. The molecular formula is C23H36N2O2. The van der Waals surface area contributed by atoms with E-state index in [2.05, 4.69) is 51.3 Å². The molecule has 2 amide bonds.